The Hall–Kier alpha value is -3.13. The Morgan fingerprint density at radius 2 is 1.89 bits per heavy atom. The summed E-state index contributed by atoms with van der Waals surface area (Å²) in [6.07, 6.45) is 3.20. The highest BCUT2D eigenvalue weighted by Gasteiger charge is 2.12. The number of amides is 1. The maximum absolute atomic E-state index is 11.8. The fraction of sp³-hybridized carbons (Fsp3) is 0.263. The van der Waals surface area contributed by atoms with Gasteiger partial charge in [-0.3, -0.25) is 14.9 Å². The molecule has 8 nitrogen and oxygen atoms in total. The number of benzene rings is 2. The molecule has 1 amide bonds. The molecule has 0 aliphatic heterocycles. The molecule has 0 aliphatic carbocycles. The van der Waals surface area contributed by atoms with Gasteiger partial charge in [0, 0.05) is 11.1 Å². The first-order valence-electron chi connectivity index (χ1n) is 8.61. The summed E-state index contributed by atoms with van der Waals surface area (Å²) >= 11 is 5.83. The van der Waals surface area contributed by atoms with Gasteiger partial charge in [-0.25, -0.2) is 5.43 Å². The summed E-state index contributed by atoms with van der Waals surface area (Å²) in [6.45, 7) is 2.48. The molecule has 0 aromatic heterocycles. The summed E-state index contributed by atoms with van der Waals surface area (Å²) in [4.78, 5) is 22.2. The summed E-state index contributed by atoms with van der Waals surface area (Å²) in [6, 6.07) is 11.0. The SMILES string of the molecule is CCCCOc1ccc(OCC(=O)N/N=C/c2cc(Cl)ccc2[N+](=O)[O-])cc1. The van der Waals surface area contributed by atoms with Crippen LogP contribution >= 0.6 is 11.6 Å². The summed E-state index contributed by atoms with van der Waals surface area (Å²) in [5.41, 5.74) is 2.26. The number of unbranched alkanes of at least 4 members (excludes halogenated alkanes) is 1. The van der Waals surface area contributed by atoms with Crippen molar-refractivity contribution in [1.29, 1.82) is 0 Å². The molecular formula is C19H20ClN3O5. The topological polar surface area (TPSA) is 103 Å². The third kappa shape index (κ3) is 6.88. The number of hydrogen-bond donors (Lipinski definition) is 1. The minimum Gasteiger partial charge on any atom is -0.494 e. The maximum Gasteiger partial charge on any atom is 0.278 e. The molecule has 0 bridgehead atoms. The fourth-order valence-corrected chi connectivity index (χ4v) is 2.30. The molecule has 1 N–H and O–H groups in total. The van der Waals surface area contributed by atoms with Crippen molar-refractivity contribution in [3.63, 3.8) is 0 Å². The highest BCUT2D eigenvalue weighted by atomic mass is 35.5. The first-order valence-corrected chi connectivity index (χ1v) is 8.99. The van der Waals surface area contributed by atoms with Gasteiger partial charge in [-0.1, -0.05) is 24.9 Å². The molecule has 0 unspecified atom stereocenters. The summed E-state index contributed by atoms with van der Waals surface area (Å²) < 4.78 is 10.9. The van der Waals surface area contributed by atoms with Crippen molar-refractivity contribution in [2.24, 2.45) is 5.10 Å². The van der Waals surface area contributed by atoms with Crippen LogP contribution in [0.15, 0.2) is 47.6 Å². The number of hydrazone groups is 1. The Kier molecular flexibility index (Phi) is 8.23. The number of halogens is 1. The zero-order valence-electron chi connectivity index (χ0n) is 15.3. The average Bonchev–Trinajstić information content (AvgIpc) is 2.67. The molecule has 0 atom stereocenters. The second kappa shape index (κ2) is 10.9. The second-order valence-electron chi connectivity index (χ2n) is 5.72. The third-order valence-corrected chi connectivity index (χ3v) is 3.77. The molecule has 28 heavy (non-hydrogen) atoms. The molecule has 148 valence electrons. The van der Waals surface area contributed by atoms with Crippen LogP contribution in [0.2, 0.25) is 5.02 Å². The number of carbonyl (C=O) groups is 1. The zero-order valence-corrected chi connectivity index (χ0v) is 16.0. The van der Waals surface area contributed by atoms with Crippen LogP contribution in [0.1, 0.15) is 25.3 Å². The molecule has 0 saturated carbocycles. The van der Waals surface area contributed by atoms with Crippen molar-refractivity contribution in [1.82, 2.24) is 5.43 Å². The van der Waals surface area contributed by atoms with Crippen molar-refractivity contribution in [2.75, 3.05) is 13.2 Å². The molecule has 9 heteroatoms. The number of ether oxygens (including phenoxy) is 2. The number of carbonyl (C=O) groups excluding carboxylic acids is 1. The van der Waals surface area contributed by atoms with Gasteiger partial charge in [-0.05, 0) is 42.8 Å². The molecular weight excluding hydrogens is 386 g/mol. The number of nitro benzene ring substituents is 1. The van der Waals surface area contributed by atoms with Crippen molar-refractivity contribution >= 4 is 29.4 Å². The van der Waals surface area contributed by atoms with Gasteiger partial charge in [0.1, 0.15) is 11.5 Å². The van der Waals surface area contributed by atoms with Crippen molar-refractivity contribution in [3.05, 3.63) is 63.2 Å². The molecule has 0 heterocycles. The lowest BCUT2D eigenvalue weighted by atomic mass is 10.2. The molecule has 2 aromatic rings. The molecule has 0 spiro atoms. The monoisotopic (exact) mass is 405 g/mol. The van der Waals surface area contributed by atoms with Crippen LogP contribution in [0.3, 0.4) is 0 Å². The van der Waals surface area contributed by atoms with Gasteiger partial charge in [0.05, 0.1) is 23.3 Å². The normalized spacial score (nSPS) is 10.6. The molecule has 0 fully saturated rings. The van der Waals surface area contributed by atoms with E-state index >= 15 is 0 Å². The Morgan fingerprint density at radius 3 is 2.54 bits per heavy atom. The Labute approximate surface area is 167 Å². The first kappa shape index (κ1) is 21.2. The van der Waals surface area contributed by atoms with Crippen molar-refractivity contribution in [2.45, 2.75) is 19.8 Å². The van der Waals surface area contributed by atoms with E-state index < -0.39 is 10.8 Å². The Balaban J connectivity index is 1.82. The number of rotatable bonds is 10. The number of nitrogens with zero attached hydrogens (tertiary/aromatic N) is 2. The first-order chi connectivity index (χ1) is 13.5. The lowest BCUT2D eigenvalue weighted by molar-refractivity contribution is -0.385. The van der Waals surface area contributed by atoms with E-state index in [0.717, 1.165) is 24.8 Å². The van der Waals surface area contributed by atoms with Gasteiger partial charge < -0.3 is 9.47 Å². The summed E-state index contributed by atoms with van der Waals surface area (Å²) in [7, 11) is 0. The highest BCUT2D eigenvalue weighted by molar-refractivity contribution is 6.31. The number of nitrogens with one attached hydrogen (secondary N) is 1. The second-order valence-corrected chi connectivity index (χ2v) is 6.15. The third-order valence-electron chi connectivity index (χ3n) is 3.54. The van der Waals surface area contributed by atoms with Gasteiger partial charge in [-0.2, -0.15) is 5.10 Å². The predicted molar refractivity (Wildman–Crippen MR) is 106 cm³/mol. The van der Waals surface area contributed by atoms with Crippen molar-refractivity contribution in [3.8, 4) is 11.5 Å². The largest absolute Gasteiger partial charge is 0.494 e. The minimum atomic E-state index is -0.557. The van der Waals surface area contributed by atoms with Crippen LogP contribution in [0.5, 0.6) is 11.5 Å². The summed E-state index contributed by atoms with van der Waals surface area (Å²) in [5, 5.41) is 15.0. The molecule has 0 saturated heterocycles. The molecule has 2 rings (SSSR count). The van der Waals surface area contributed by atoms with Crippen molar-refractivity contribution < 1.29 is 19.2 Å². The smallest absolute Gasteiger partial charge is 0.278 e. The Bertz CT molecular complexity index is 840. The van der Waals surface area contributed by atoms with Crippen LogP contribution in [-0.2, 0) is 4.79 Å². The standard InChI is InChI=1S/C19H20ClN3O5/c1-2-3-10-27-16-5-7-17(8-6-16)28-13-19(24)22-21-12-14-11-15(20)4-9-18(14)23(25)26/h4-9,11-12H,2-3,10,13H2,1H3,(H,22,24)/b21-12+. The van der Waals surface area contributed by atoms with E-state index in [-0.39, 0.29) is 17.9 Å². The van der Waals surface area contributed by atoms with E-state index in [2.05, 4.69) is 17.5 Å². The van der Waals surface area contributed by atoms with Gasteiger partial charge in [0.15, 0.2) is 6.61 Å². The van der Waals surface area contributed by atoms with Gasteiger partial charge in [0.25, 0.3) is 11.6 Å². The van der Waals surface area contributed by atoms with Crippen LogP contribution < -0.4 is 14.9 Å². The van der Waals surface area contributed by atoms with Gasteiger partial charge >= 0.3 is 0 Å². The van der Waals surface area contributed by atoms with E-state index in [1.165, 1.54) is 18.2 Å². The number of hydrogen-bond acceptors (Lipinski definition) is 6. The van der Waals surface area contributed by atoms with E-state index in [9.17, 15) is 14.9 Å². The van der Waals surface area contributed by atoms with Gasteiger partial charge in [-0.15, -0.1) is 0 Å². The average molecular weight is 406 g/mol. The van der Waals surface area contributed by atoms with Crippen LogP contribution in [0.25, 0.3) is 0 Å². The predicted octanol–water partition coefficient (Wildman–Crippen LogP) is 3.96. The zero-order chi connectivity index (χ0) is 20.4. The quantitative estimate of drug-likeness (QED) is 0.279. The van der Waals surface area contributed by atoms with E-state index in [0.29, 0.717) is 17.4 Å². The van der Waals surface area contributed by atoms with Gasteiger partial charge in [0.2, 0.25) is 0 Å². The van der Waals surface area contributed by atoms with E-state index in [4.69, 9.17) is 21.1 Å². The van der Waals surface area contributed by atoms with Crippen LogP contribution in [0, 0.1) is 10.1 Å². The van der Waals surface area contributed by atoms with E-state index in [1.807, 2.05) is 0 Å². The minimum absolute atomic E-state index is 0.167. The van der Waals surface area contributed by atoms with Crippen LogP contribution in [-0.4, -0.2) is 30.3 Å². The molecule has 2 aromatic carbocycles. The van der Waals surface area contributed by atoms with E-state index in [1.54, 1.807) is 24.3 Å². The molecule has 0 radical (unpaired) electrons. The number of nitro groups is 1. The lowest BCUT2D eigenvalue weighted by Gasteiger charge is -2.07. The van der Waals surface area contributed by atoms with Crippen LogP contribution in [0.4, 0.5) is 5.69 Å². The molecule has 0 aliphatic rings. The summed E-state index contributed by atoms with van der Waals surface area (Å²) in [5.74, 6) is 0.731. The lowest BCUT2D eigenvalue weighted by Crippen LogP contribution is -2.24. The Morgan fingerprint density at radius 1 is 1.21 bits per heavy atom. The maximum atomic E-state index is 11.8. The fourth-order valence-electron chi connectivity index (χ4n) is 2.12. The highest BCUT2D eigenvalue weighted by Crippen LogP contribution is 2.21.